The zero-order chi connectivity index (χ0) is 22.3. The Kier molecular flexibility index (Phi) is 5.84. The smallest absolute Gasteiger partial charge is 0.408 e. The molecule has 8 heteroatoms. The first-order chi connectivity index (χ1) is 13.0. The van der Waals surface area contributed by atoms with Crippen molar-refractivity contribution in [2.24, 2.45) is 0 Å². The van der Waals surface area contributed by atoms with Gasteiger partial charge >= 0.3 is 12.1 Å². The second kappa shape index (κ2) is 7.31. The van der Waals surface area contributed by atoms with Crippen molar-refractivity contribution in [3.63, 3.8) is 0 Å². The van der Waals surface area contributed by atoms with E-state index in [2.05, 4.69) is 5.32 Å². The van der Waals surface area contributed by atoms with Gasteiger partial charge in [0.1, 0.15) is 21.0 Å². The van der Waals surface area contributed by atoms with Crippen LogP contribution in [0.5, 0.6) is 0 Å². The third kappa shape index (κ3) is 5.50. The summed E-state index contributed by atoms with van der Waals surface area (Å²) in [6.45, 7) is 10.3. The van der Waals surface area contributed by atoms with Gasteiger partial charge in [0.15, 0.2) is 5.54 Å². The Morgan fingerprint density at radius 3 is 1.97 bits per heavy atom. The number of sulfone groups is 1. The van der Waals surface area contributed by atoms with Crippen molar-refractivity contribution in [2.45, 2.75) is 70.1 Å². The Bertz CT molecular complexity index is 882. The largest absolute Gasteiger partial charge is 0.458 e. The van der Waals surface area contributed by atoms with Crippen molar-refractivity contribution in [1.82, 2.24) is 5.32 Å². The second-order valence-electron chi connectivity index (χ2n) is 9.73. The summed E-state index contributed by atoms with van der Waals surface area (Å²) < 4.78 is 35.5. The van der Waals surface area contributed by atoms with Crippen molar-refractivity contribution in [1.29, 1.82) is 0 Å². The zero-order valence-corrected chi connectivity index (χ0v) is 19.0. The number of carbonyl (C=O) groups excluding carboxylic acids is 2. The van der Waals surface area contributed by atoms with E-state index in [1.54, 1.807) is 71.9 Å². The van der Waals surface area contributed by atoms with Crippen LogP contribution in [0.3, 0.4) is 0 Å². The molecule has 1 amide bonds. The molecule has 7 nitrogen and oxygen atoms in total. The predicted molar refractivity (Wildman–Crippen MR) is 110 cm³/mol. The fourth-order valence-electron chi connectivity index (χ4n) is 3.54. The Morgan fingerprint density at radius 2 is 1.52 bits per heavy atom. The number of nitrogens with one attached hydrogen (secondary N) is 1. The molecule has 0 saturated heterocycles. The van der Waals surface area contributed by atoms with E-state index in [-0.39, 0.29) is 12.2 Å². The number of alkyl carbamates (subject to hydrolysis) is 1. The SMILES string of the molecule is CC(C)(C)OC(=O)N[C@]1(C(=O)OC(C)(C)C)C[C@@]1(CS(C)(=O)=O)c1ccccc1. The van der Waals surface area contributed by atoms with Gasteiger partial charge in [-0.25, -0.2) is 18.0 Å². The monoisotopic (exact) mass is 425 g/mol. The van der Waals surface area contributed by atoms with Crippen LogP contribution in [0, 0.1) is 0 Å². The maximum Gasteiger partial charge on any atom is 0.408 e. The van der Waals surface area contributed by atoms with E-state index in [1.807, 2.05) is 0 Å². The number of ether oxygens (including phenoxy) is 2. The molecule has 1 aliphatic rings. The molecule has 2 atom stereocenters. The molecular formula is C21H31NO6S. The van der Waals surface area contributed by atoms with Crippen molar-refractivity contribution in [2.75, 3.05) is 12.0 Å². The third-order valence-electron chi connectivity index (χ3n) is 4.56. The second-order valence-corrected chi connectivity index (χ2v) is 11.9. The van der Waals surface area contributed by atoms with Gasteiger partial charge in [-0.05, 0) is 53.5 Å². The van der Waals surface area contributed by atoms with Crippen LogP contribution < -0.4 is 5.32 Å². The summed E-state index contributed by atoms with van der Waals surface area (Å²) in [5.74, 6) is -0.984. The van der Waals surface area contributed by atoms with Crippen molar-refractivity contribution in [3.05, 3.63) is 35.9 Å². The number of hydrogen-bond donors (Lipinski definition) is 1. The number of amides is 1. The molecule has 0 heterocycles. The van der Waals surface area contributed by atoms with Gasteiger partial charge < -0.3 is 14.8 Å². The van der Waals surface area contributed by atoms with Crippen molar-refractivity contribution >= 4 is 21.9 Å². The van der Waals surface area contributed by atoms with Crippen LogP contribution in [0.4, 0.5) is 4.79 Å². The highest BCUT2D eigenvalue weighted by atomic mass is 32.2. The van der Waals surface area contributed by atoms with E-state index in [0.29, 0.717) is 5.56 Å². The number of rotatable bonds is 5. The fraction of sp³-hybridized carbons (Fsp3) is 0.619. The lowest BCUT2D eigenvalue weighted by Crippen LogP contribution is -2.53. The summed E-state index contributed by atoms with van der Waals surface area (Å²) in [6, 6.07) is 8.86. The summed E-state index contributed by atoms with van der Waals surface area (Å²) in [7, 11) is -3.49. The van der Waals surface area contributed by atoms with Crippen molar-refractivity contribution < 1.29 is 27.5 Å². The van der Waals surface area contributed by atoms with Gasteiger partial charge in [-0.15, -0.1) is 0 Å². The molecule has 0 radical (unpaired) electrons. The van der Waals surface area contributed by atoms with Crippen LogP contribution in [0.25, 0.3) is 0 Å². The minimum atomic E-state index is -3.49. The van der Waals surface area contributed by atoms with E-state index >= 15 is 0 Å². The Hall–Kier alpha value is -2.09. The lowest BCUT2D eigenvalue weighted by Gasteiger charge is -2.30. The van der Waals surface area contributed by atoms with E-state index in [4.69, 9.17) is 9.47 Å². The first-order valence-corrected chi connectivity index (χ1v) is 11.5. The molecule has 1 aromatic carbocycles. The number of benzene rings is 1. The van der Waals surface area contributed by atoms with Gasteiger partial charge in [-0.2, -0.15) is 0 Å². The minimum Gasteiger partial charge on any atom is -0.458 e. The Labute approximate surface area is 173 Å². The molecule has 1 aromatic rings. The molecule has 0 bridgehead atoms. The molecule has 0 aliphatic heterocycles. The highest BCUT2D eigenvalue weighted by molar-refractivity contribution is 7.90. The summed E-state index contributed by atoms with van der Waals surface area (Å²) in [4.78, 5) is 25.8. The molecule has 0 spiro atoms. The van der Waals surface area contributed by atoms with E-state index in [0.717, 1.165) is 6.26 Å². The number of hydrogen-bond acceptors (Lipinski definition) is 6. The lowest BCUT2D eigenvalue weighted by atomic mass is 9.92. The fourth-order valence-corrected chi connectivity index (χ4v) is 4.96. The van der Waals surface area contributed by atoms with Crippen LogP contribution in [-0.2, 0) is 29.5 Å². The minimum absolute atomic E-state index is 0.102. The molecule has 162 valence electrons. The molecule has 29 heavy (non-hydrogen) atoms. The summed E-state index contributed by atoms with van der Waals surface area (Å²) in [5.41, 5.74) is -3.61. The van der Waals surface area contributed by atoms with Crippen LogP contribution in [-0.4, -0.2) is 49.2 Å². The molecule has 1 aliphatic carbocycles. The van der Waals surface area contributed by atoms with E-state index < -0.39 is 44.1 Å². The molecule has 0 aromatic heterocycles. The first-order valence-electron chi connectivity index (χ1n) is 9.48. The van der Waals surface area contributed by atoms with E-state index in [9.17, 15) is 18.0 Å². The average Bonchev–Trinajstić information content (AvgIpc) is 3.11. The standard InChI is InChI=1S/C21H31NO6S/c1-18(2,3)27-16(23)21(22-17(24)28-19(4,5)6)13-20(21,14-29(7,25)26)15-11-9-8-10-12-15/h8-12H,13-14H2,1-7H3,(H,22,24)/t20-,21+/m1/s1. The van der Waals surface area contributed by atoms with Gasteiger partial charge in [0.25, 0.3) is 0 Å². The average molecular weight is 426 g/mol. The first kappa shape index (κ1) is 23.2. The Morgan fingerprint density at radius 1 is 1.00 bits per heavy atom. The van der Waals surface area contributed by atoms with Crippen LogP contribution in [0.2, 0.25) is 0 Å². The van der Waals surface area contributed by atoms with Gasteiger partial charge in [0.2, 0.25) is 0 Å². The topological polar surface area (TPSA) is 98.8 Å². The van der Waals surface area contributed by atoms with Crippen molar-refractivity contribution in [3.8, 4) is 0 Å². The predicted octanol–water partition coefficient (Wildman–Crippen LogP) is 2.98. The normalized spacial score (nSPS) is 24.5. The zero-order valence-electron chi connectivity index (χ0n) is 18.2. The Balaban J connectivity index is 2.54. The molecular weight excluding hydrogens is 394 g/mol. The van der Waals surface area contributed by atoms with E-state index in [1.165, 1.54) is 0 Å². The summed E-state index contributed by atoms with van der Waals surface area (Å²) >= 11 is 0. The van der Waals surface area contributed by atoms with Gasteiger partial charge in [0.05, 0.1) is 5.75 Å². The lowest BCUT2D eigenvalue weighted by molar-refractivity contribution is -0.159. The van der Waals surface area contributed by atoms with Gasteiger partial charge in [-0.1, -0.05) is 30.3 Å². The third-order valence-corrected chi connectivity index (χ3v) is 5.57. The quantitative estimate of drug-likeness (QED) is 0.728. The molecule has 1 saturated carbocycles. The molecule has 0 unspecified atom stereocenters. The summed E-state index contributed by atoms with van der Waals surface area (Å²) in [6.07, 6.45) is 0.420. The summed E-state index contributed by atoms with van der Waals surface area (Å²) in [5, 5.41) is 2.66. The highest BCUT2D eigenvalue weighted by Crippen LogP contribution is 2.59. The van der Waals surface area contributed by atoms with Crippen LogP contribution >= 0.6 is 0 Å². The molecule has 1 fully saturated rings. The number of esters is 1. The van der Waals surface area contributed by atoms with Crippen LogP contribution in [0.15, 0.2) is 30.3 Å². The maximum absolute atomic E-state index is 13.2. The molecule has 1 N–H and O–H groups in total. The van der Waals surface area contributed by atoms with Gasteiger partial charge in [-0.3, -0.25) is 0 Å². The molecule has 2 rings (SSSR count). The highest BCUT2D eigenvalue weighted by Gasteiger charge is 2.76. The maximum atomic E-state index is 13.2. The van der Waals surface area contributed by atoms with Gasteiger partial charge in [0, 0.05) is 11.7 Å². The van der Waals surface area contributed by atoms with Crippen LogP contribution in [0.1, 0.15) is 53.5 Å². The number of carbonyl (C=O) groups is 2.